The lowest BCUT2D eigenvalue weighted by Crippen LogP contribution is -2.38. The lowest BCUT2D eigenvalue weighted by atomic mass is 9.72. The van der Waals surface area contributed by atoms with Crippen molar-refractivity contribution in [3.05, 3.63) is 38.2 Å². The zero-order valence-corrected chi connectivity index (χ0v) is 19.8. The van der Waals surface area contributed by atoms with Crippen LogP contribution in [0.25, 0.3) is 0 Å². The van der Waals surface area contributed by atoms with Gasteiger partial charge >= 0.3 is 0 Å². The van der Waals surface area contributed by atoms with Crippen molar-refractivity contribution in [3.8, 4) is 11.5 Å². The van der Waals surface area contributed by atoms with Crippen molar-refractivity contribution in [1.29, 1.82) is 0 Å². The van der Waals surface area contributed by atoms with E-state index in [0.29, 0.717) is 17.4 Å². The number of ether oxygens (including phenoxy) is 2. The number of halogens is 1. The van der Waals surface area contributed by atoms with Crippen LogP contribution in [0.5, 0.6) is 11.5 Å². The molecule has 1 aromatic carbocycles. The first kappa shape index (κ1) is 20.5. The van der Waals surface area contributed by atoms with Gasteiger partial charge in [-0.25, -0.2) is 0 Å². The molecule has 2 atom stereocenters. The van der Waals surface area contributed by atoms with Crippen LogP contribution in [0.15, 0.2) is 16.6 Å². The molecule has 29 heavy (non-hydrogen) atoms. The number of methoxy groups -OCH3 is 2. The van der Waals surface area contributed by atoms with Crippen LogP contribution in [0.4, 0.5) is 5.00 Å². The molecule has 1 aliphatic carbocycles. The highest BCUT2D eigenvalue weighted by atomic mass is 79.9. The van der Waals surface area contributed by atoms with Crippen molar-refractivity contribution >= 4 is 38.2 Å². The zero-order valence-electron chi connectivity index (χ0n) is 17.4. The molecule has 2 aliphatic rings. The van der Waals surface area contributed by atoms with Crippen molar-refractivity contribution in [2.75, 3.05) is 19.5 Å². The summed E-state index contributed by atoms with van der Waals surface area (Å²) in [6.45, 7) is 6.93. The molecule has 2 N–H and O–H groups in total. The summed E-state index contributed by atoms with van der Waals surface area (Å²) in [6.07, 6.45) is 2.85. The summed E-state index contributed by atoms with van der Waals surface area (Å²) in [6, 6.07) is 3.85. The second-order valence-electron chi connectivity index (χ2n) is 8.80. The molecule has 1 amide bonds. The summed E-state index contributed by atoms with van der Waals surface area (Å²) < 4.78 is 11.7. The van der Waals surface area contributed by atoms with E-state index in [9.17, 15) is 4.79 Å². The number of anilines is 1. The van der Waals surface area contributed by atoms with Crippen LogP contribution in [0.2, 0.25) is 0 Å². The van der Waals surface area contributed by atoms with Crippen LogP contribution >= 0.6 is 27.3 Å². The molecule has 0 spiro atoms. The molecule has 0 fully saturated rings. The number of fused-ring (bicyclic) bond motifs is 3. The Labute approximate surface area is 184 Å². The topological polar surface area (TPSA) is 59.6 Å². The predicted molar refractivity (Wildman–Crippen MR) is 120 cm³/mol. The van der Waals surface area contributed by atoms with Gasteiger partial charge in [-0.2, -0.15) is 0 Å². The van der Waals surface area contributed by atoms with Crippen LogP contribution in [-0.2, 0) is 12.8 Å². The minimum atomic E-state index is -0.315. The molecule has 1 aliphatic heterocycles. The van der Waals surface area contributed by atoms with E-state index in [0.717, 1.165) is 39.9 Å². The molecule has 0 saturated heterocycles. The van der Waals surface area contributed by atoms with E-state index in [-0.39, 0.29) is 17.5 Å². The molecule has 0 bridgehead atoms. The Hall–Kier alpha value is -1.73. The molecule has 4 rings (SSSR count). The Morgan fingerprint density at radius 1 is 1.17 bits per heavy atom. The molecular formula is C22H27BrN2O3S. The Kier molecular flexibility index (Phi) is 5.32. The van der Waals surface area contributed by atoms with E-state index >= 15 is 0 Å². The summed E-state index contributed by atoms with van der Waals surface area (Å²) in [5.41, 5.74) is 3.27. The van der Waals surface area contributed by atoms with Crippen molar-refractivity contribution < 1.29 is 14.3 Å². The fourth-order valence-corrected chi connectivity index (χ4v) is 6.28. The maximum Gasteiger partial charge on any atom is 0.256 e. The highest BCUT2D eigenvalue weighted by Gasteiger charge is 2.36. The average Bonchev–Trinajstić information content (AvgIpc) is 3.04. The van der Waals surface area contributed by atoms with Crippen molar-refractivity contribution in [2.24, 2.45) is 11.3 Å². The number of rotatable bonds is 3. The molecule has 2 aromatic rings. The van der Waals surface area contributed by atoms with E-state index in [1.807, 2.05) is 12.1 Å². The van der Waals surface area contributed by atoms with E-state index in [2.05, 4.69) is 47.3 Å². The first-order chi connectivity index (χ1) is 13.7. The molecule has 156 valence electrons. The molecule has 1 aromatic heterocycles. The lowest BCUT2D eigenvalue weighted by Gasteiger charge is -2.34. The average molecular weight is 479 g/mol. The SMILES string of the molecule is COc1cc([C@@H]2NC(=O)c3c(sc4c3CC[C@@H](C(C)(C)C)C4)N2)cc(Br)c1OC. The standard InChI is InChI=1S/C22H27BrN2O3S/c1-22(2,3)12-6-7-13-16(10-12)29-21-17(13)20(26)24-19(25-21)11-8-14(23)18(28-5)15(9-11)27-4/h8-9,12,19,25H,6-7,10H2,1-5H3,(H,24,26)/t12-,19-/m1/s1. The predicted octanol–water partition coefficient (Wildman–Crippen LogP) is 5.53. The number of amides is 1. The number of benzene rings is 1. The third-order valence-corrected chi connectivity index (χ3v) is 7.83. The van der Waals surface area contributed by atoms with Gasteiger partial charge in [0.05, 0.1) is 24.3 Å². The first-order valence-corrected chi connectivity index (χ1v) is 11.5. The fourth-order valence-electron chi connectivity index (χ4n) is 4.31. The highest BCUT2D eigenvalue weighted by molar-refractivity contribution is 9.10. The van der Waals surface area contributed by atoms with Gasteiger partial charge in [-0.1, -0.05) is 20.8 Å². The number of carbonyl (C=O) groups is 1. The van der Waals surface area contributed by atoms with Crippen LogP contribution in [0.1, 0.15) is 59.7 Å². The van der Waals surface area contributed by atoms with Crippen LogP contribution < -0.4 is 20.1 Å². The summed E-state index contributed by atoms with van der Waals surface area (Å²) in [7, 11) is 3.22. The molecule has 7 heteroatoms. The summed E-state index contributed by atoms with van der Waals surface area (Å²) >= 11 is 5.28. The van der Waals surface area contributed by atoms with Gasteiger partial charge in [0.15, 0.2) is 11.5 Å². The number of hydrogen-bond donors (Lipinski definition) is 2. The summed E-state index contributed by atoms with van der Waals surface area (Å²) in [5.74, 6) is 1.91. The van der Waals surface area contributed by atoms with Gasteiger partial charge in [0.2, 0.25) is 0 Å². The Morgan fingerprint density at radius 3 is 2.59 bits per heavy atom. The van der Waals surface area contributed by atoms with Crippen LogP contribution in [0, 0.1) is 11.3 Å². The van der Waals surface area contributed by atoms with Gasteiger partial charge in [-0.05, 0) is 69.8 Å². The molecule has 0 radical (unpaired) electrons. The molecule has 0 saturated carbocycles. The number of carbonyl (C=O) groups excluding carboxylic acids is 1. The molecule has 2 heterocycles. The van der Waals surface area contributed by atoms with E-state index < -0.39 is 0 Å². The van der Waals surface area contributed by atoms with Crippen molar-refractivity contribution in [1.82, 2.24) is 5.32 Å². The first-order valence-electron chi connectivity index (χ1n) is 9.86. The molecular weight excluding hydrogens is 452 g/mol. The second kappa shape index (κ2) is 7.51. The van der Waals surface area contributed by atoms with E-state index in [1.165, 1.54) is 10.4 Å². The Morgan fingerprint density at radius 2 is 1.93 bits per heavy atom. The highest BCUT2D eigenvalue weighted by Crippen LogP contribution is 2.46. The largest absolute Gasteiger partial charge is 0.493 e. The van der Waals surface area contributed by atoms with Gasteiger partial charge in [0.1, 0.15) is 11.2 Å². The van der Waals surface area contributed by atoms with Gasteiger partial charge < -0.3 is 20.1 Å². The Bertz CT molecular complexity index is 964. The third kappa shape index (κ3) is 3.63. The maximum atomic E-state index is 13.0. The minimum absolute atomic E-state index is 0.00126. The van der Waals surface area contributed by atoms with E-state index in [1.54, 1.807) is 25.6 Å². The van der Waals surface area contributed by atoms with Gasteiger partial charge in [0.25, 0.3) is 5.91 Å². The quantitative estimate of drug-likeness (QED) is 0.608. The maximum absolute atomic E-state index is 13.0. The van der Waals surface area contributed by atoms with Crippen molar-refractivity contribution in [2.45, 2.75) is 46.2 Å². The van der Waals surface area contributed by atoms with Gasteiger partial charge in [-0.3, -0.25) is 4.79 Å². The molecule has 0 unspecified atom stereocenters. The second-order valence-corrected chi connectivity index (χ2v) is 10.8. The van der Waals surface area contributed by atoms with Gasteiger partial charge in [-0.15, -0.1) is 11.3 Å². The van der Waals surface area contributed by atoms with Crippen molar-refractivity contribution in [3.63, 3.8) is 0 Å². The smallest absolute Gasteiger partial charge is 0.256 e. The normalized spacial score (nSPS) is 21.0. The Balaban J connectivity index is 1.66. The fraction of sp³-hybridized carbons (Fsp3) is 0.500. The van der Waals surface area contributed by atoms with E-state index in [4.69, 9.17) is 9.47 Å². The number of nitrogens with one attached hydrogen (secondary N) is 2. The monoisotopic (exact) mass is 478 g/mol. The minimum Gasteiger partial charge on any atom is -0.493 e. The molecule has 5 nitrogen and oxygen atoms in total. The summed E-state index contributed by atoms with van der Waals surface area (Å²) in [4.78, 5) is 14.4. The number of hydrogen-bond acceptors (Lipinski definition) is 5. The summed E-state index contributed by atoms with van der Waals surface area (Å²) in [5, 5.41) is 7.64. The van der Waals surface area contributed by atoms with Gasteiger partial charge in [0, 0.05) is 4.88 Å². The lowest BCUT2D eigenvalue weighted by molar-refractivity contribution is 0.0934. The van der Waals surface area contributed by atoms with Crippen LogP contribution in [0.3, 0.4) is 0 Å². The van der Waals surface area contributed by atoms with Crippen LogP contribution in [-0.4, -0.2) is 20.1 Å². The zero-order chi connectivity index (χ0) is 20.9. The third-order valence-electron chi connectivity index (χ3n) is 6.06. The number of thiophene rings is 1.